The summed E-state index contributed by atoms with van der Waals surface area (Å²) in [5.41, 5.74) is 0.446. The summed E-state index contributed by atoms with van der Waals surface area (Å²) in [7, 11) is 3.11. The summed E-state index contributed by atoms with van der Waals surface area (Å²) in [6.45, 7) is 7.44. The van der Waals surface area contributed by atoms with Gasteiger partial charge in [-0.3, -0.25) is 19.7 Å². The van der Waals surface area contributed by atoms with Crippen LogP contribution in [0.1, 0.15) is 45.2 Å². The van der Waals surface area contributed by atoms with Gasteiger partial charge >= 0.3 is 17.3 Å². The number of ether oxygens (including phenoxy) is 4. The maximum absolute atomic E-state index is 13.5. The molecular formula is C34H33FN4O7. The number of anilines is 1. The van der Waals surface area contributed by atoms with E-state index in [4.69, 9.17) is 18.9 Å². The molecule has 3 aromatic carbocycles. The van der Waals surface area contributed by atoms with E-state index in [1.165, 1.54) is 22.9 Å². The second-order valence-corrected chi connectivity index (χ2v) is 11.0. The van der Waals surface area contributed by atoms with E-state index in [1.807, 2.05) is 13.8 Å². The molecule has 11 nitrogen and oxygen atoms in total. The number of nitrogens with zero attached hydrogens (tertiary/aromatic N) is 3. The lowest BCUT2D eigenvalue weighted by atomic mass is 10.0. The predicted molar refractivity (Wildman–Crippen MR) is 172 cm³/mol. The van der Waals surface area contributed by atoms with Crippen molar-refractivity contribution in [3.8, 4) is 34.4 Å². The number of amides is 1. The molecule has 5 aromatic rings. The molecule has 1 N–H and O–H groups in total. The average molecular weight is 629 g/mol. The summed E-state index contributed by atoms with van der Waals surface area (Å²) in [6.07, 6.45) is 1.88. The molecule has 0 radical (unpaired) electrons. The Hall–Kier alpha value is -5.65. The van der Waals surface area contributed by atoms with Crippen LogP contribution in [-0.2, 0) is 0 Å². The number of aromatic nitrogens is 3. The van der Waals surface area contributed by atoms with Crippen molar-refractivity contribution in [1.82, 2.24) is 14.1 Å². The molecule has 0 atom stereocenters. The lowest BCUT2D eigenvalue weighted by molar-refractivity contribution is 0.213. The van der Waals surface area contributed by atoms with E-state index in [9.17, 15) is 18.8 Å². The Morgan fingerprint density at radius 3 is 2.20 bits per heavy atom. The molecule has 0 saturated carbocycles. The third-order valence-electron chi connectivity index (χ3n) is 7.23. The molecule has 0 fully saturated rings. The first-order valence-corrected chi connectivity index (χ1v) is 14.5. The normalized spacial score (nSPS) is 11.2. The number of fused-ring (bicyclic) bond motifs is 1. The Morgan fingerprint density at radius 1 is 0.848 bits per heavy atom. The van der Waals surface area contributed by atoms with Gasteiger partial charge in [0.05, 0.1) is 31.6 Å². The first-order valence-electron chi connectivity index (χ1n) is 14.5. The quantitative estimate of drug-likeness (QED) is 0.189. The summed E-state index contributed by atoms with van der Waals surface area (Å²) in [4.78, 5) is 43.8. The van der Waals surface area contributed by atoms with E-state index < -0.39 is 23.2 Å². The number of benzene rings is 3. The molecule has 0 aliphatic heterocycles. The fraction of sp³-hybridized carbons (Fsp3) is 0.235. The van der Waals surface area contributed by atoms with Crippen molar-refractivity contribution < 1.29 is 28.1 Å². The van der Waals surface area contributed by atoms with Crippen LogP contribution in [0.25, 0.3) is 16.6 Å². The number of halogens is 1. The molecule has 0 aliphatic carbocycles. The van der Waals surface area contributed by atoms with Crippen LogP contribution in [0.2, 0.25) is 0 Å². The summed E-state index contributed by atoms with van der Waals surface area (Å²) in [6, 6.07) is 14.9. The molecule has 0 aliphatic rings. The van der Waals surface area contributed by atoms with Crippen LogP contribution >= 0.6 is 0 Å². The number of methoxy groups -OCH3 is 2. The zero-order chi connectivity index (χ0) is 33.1. The van der Waals surface area contributed by atoms with Gasteiger partial charge in [0.15, 0.2) is 11.5 Å². The summed E-state index contributed by atoms with van der Waals surface area (Å²) < 4.78 is 38.2. The van der Waals surface area contributed by atoms with Crippen molar-refractivity contribution in [1.29, 1.82) is 0 Å². The Morgan fingerprint density at radius 2 is 1.54 bits per heavy atom. The van der Waals surface area contributed by atoms with Gasteiger partial charge in [-0.25, -0.2) is 18.5 Å². The topological polar surface area (TPSA) is 123 Å². The highest BCUT2D eigenvalue weighted by Gasteiger charge is 2.20. The predicted octanol–water partition coefficient (Wildman–Crippen LogP) is 6.81. The van der Waals surface area contributed by atoms with Crippen LogP contribution in [0.4, 0.5) is 14.9 Å². The highest BCUT2D eigenvalue weighted by molar-refractivity contribution is 5.89. The number of hydrogen-bond acceptors (Lipinski definition) is 8. The summed E-state index contributed by atoms with van der Waals surface area (Å²) >= 11 is 0. The molecule has 2 aromatic heterocycles. The highest BCUT2D eigenvalue weighted by Crippen LogP contribution is 2.39. The molecule has 0 unspecified atom stereocenters. The third kappa shape index (κ3) is 6.41. The van der Waals surface area contributed by atoms with Crippen molar-refractivity contribution in [2.24, 2.45) is 0 Å². The zero-order valence-corrected chi connectivity index (χ0v) is 26.2. The molecular weight excluding hydrogens is 595 g/mol. The first-order chi connectivity index (χ1) is 22.0. The fourth-order valence-corrected chi connectivity index (χ4v) is 4.88. The maximum atomic E-state index is 13.5. The standard InChI is InChI=1S/C34H33FN4O7/c1-19(2)24-15-22(9-12-27(24)45-28-13-14-36-26-17-30(44-6)29(43-5)16-25(26)28)37-33(41)46-31-18-38(20(3)4)34(42)39(32(31)40)23-10-7-21(35)8-11-23/h7-20H,1-6H3,(H,37,41). The highest BCUT2D eigenvalue weighted by atomic mass is 19.1. The lowest BCUT2D eigenvalue weighted by Crippen LogP contribution is -2.40. The molecule has 5 rings (SSSR count). The van der Waals surface area contributed by atoms with Gasteiger partial charge in [0.1, 0.15) is 17.3 Å². The van der Waals surface area contributed by atoms with Crippen molar-refractivity contribution in [2.45, 2.75) is 39.7 Å². The molecule has 238 valence electrons. The van der Waals surface area contributed by atoms with Crippen LogP contribution in [0.15, 0.2) is 82.6 Å². The minimum Gasteiger partial charge on any atom is -0.493 e. The monoisotopic (exact) mass is 628 g/mol. The third-order valence-corrected chi connectivity index (χ3v) is 7.23. The van der Waals surface area contributed by atoms with E-state index >= 15 is 0 Å². The fourth-order valence-electron chi connectivity index (χ4n) is 4.88. The average Bonchev–Trinajstić information content (AvgIpc) is 3.03. The number of carbonyl (C=O) groups excluding carboxylic acids is 1. The van der Waals surface area contributed by atoms with Gasteiger partial charge in [0.2, 0.25) is 5.75 Å². The Labute approximate surface area is 263 Å². The van der Waals surface area contributed by atoms with Gasteiger partial charge in [0.25, 0.3) is 0 Å². The number of nitrogens with one attached hydrogen (secondary N) is 1. The van der Waals surface area contributed by atoms with Crippen LogP contribution in [0.3, 0.4) is 0 Å². The molecule has 0 bridgehead atoms. The number of carbonyl (C=O) groups is 1. The second-order valence-electron chi connectivity index (χ2n) is 11.0. The minimum atomic E-state index is -0.943. The van der Waals surface area contributed by atoms with Gasteiger partial charge in [-0.15, -0.1) is 0 Å². The zero-order valence-electron chi connectivity index (χ0n) is 26.2. The van der Waals surface area contributed by atoms with Gasteiger partial charge in [-0.2, -0.15) is 0 Å². The number of hydrogen-bond donors (Lipinski definition) is 1. The van der Waals surface area contributed by atoms with Gasteiger partial charge in [-0.05, 0) is 79.9 Å². The molecule has 46 heavy (non-hydrogen) atoms. The molecule has 0 saturated heterocycles. The Bertz CT molecular complexity index is 2040. The van der Waals surface area contributed by atoms with E-state index in [0.29, 0.717) is 34.2 Å². The van der Waals surface area contributed by atoms with Crippen molar-refractivity contribution in [2.75, 3.05) is 19.5 Å². The van der Waals surface area contributed by atoms with Gasteiger partial charge in [-0.1, -0.05) is 13.8 Å². The largest absolute Gasteiger partial charge is 0.493 e. The van der Waals surface area contributed by atoms with Crippen molar-refractivity contribution >= 4 is 22.7 Å². The van der Waals surface area contributed by atoms with Crippen molar-refractivity contribution in [3.63, 3.8) is 0 Å². The molecule has 12 heteroatoms. The first kappa shape index (κ1) is 31.8. The molecule has 1 amide bonds. The van der Waals surface area contributed by atoms with E-state index in [2.05, 4.69) is 10.3 Å². The van der Waals surface area contributed by atoms with E-state index in [-0.39, 0.29) is 23.4 Å². The lowest BCUT2D eigenvalue weighted by Gasteiger charge is -2.18. The second kappa shape index (κ2) is 13.1. The SMILES string of the molecule is COc1cc2nccc(Oc3ccc(NC(=O)Oc4cn(C(C)C)c(=O)n(-c5ccc(F)cc5)c4=O)cc3C(C)C)c2cc1OC. The van der Waals surface area contributed by atoms with Crippen molar-refractivity contribution in [3.05, 3.63) is 105 Å². The number of rotatable bonds is 9. The Balaban J connectivity index is 1.43. The van der Waals surface area contributed by atoms with Crippen LogP contribution in [0, 0.1) is 5.82 Å². The van der Waals surface area contributed by atoms with Gasteiger partial charge in [0, 0.05) is 29.4 Å². The Kier molecular flexibility index (Phi) is 9.08. The summed E-state index contributed by atoms with van der Waals surface area (Å²) in [5, 5.41) is 3.37. The van der Waals surface area contributed by atoms with Crippen LogP contribution < -0.4 is 35.5 Å². The van der Waals surface area contributed by atoms with Gasteiger partial charge < -0.3 is 18.9 Å². The number of pyridine rings is 1. The van der Waals surface area contributed by atoms with Crippen LogP contribution in [0.5, 0.6) is 28.7 Å². The summed E-state index contributed by atoms with van der Waals surface area (Å²) in [5.74, 6) is 1.27. The maximum Gasteiger partial charge on any atom is 0.417 e. The van der Waals surface area contributed by atoms with E-state index in [0.717, 1.165) is 27.6 Å². The smallest absolute Gasteiger partial charge is 0.417 e. The molecule has 0 spiro atoms. The minimum absolute atomic E-state index is 0.00647. The van der Waals surface area contributed by atoms with Crippen LogP contribution in [-0.4, -0.2) is 34.4 Å². The molecule has 2 heterocycles. The van der Waals surface area contributed by atoms with E-state index in [1.54, 1.807) is 70.7 Å².